The molecule has 288 valence electrons. The van der Waals surface area contributed by atoms with Crippen LogP contribution in [0.5, 0.6) is 0 Å². The first kappa shape index (κ1) is 42.1. The first-order chi connectivity index (χ1) is 26.1. The van der Waals surface area contributed by atoms with E-state index in [9.17, 15) is 9.59 Å². The zero-order chi connectivity index (χ0) is 38.6. The molecule has 5 rings (SSSR count). The van der Waals surface area contributed by atoms with Gasteiger partial charge in [0.1, 0.15) is 23.0 Å². The summed E-state index contributed by atoms with van der Waals surface area (Å²) >= 11 is 36.2. The van der Waals surface area contributed by atoms with Crippen LogP contribution < -0.4 is 10.4 Å². The smallest absolute Gasteiger partial charge is 0.338 e. The van der Waals surface area contributed by atoms with Crippen molar-refractivity contribution in [3.63, 3.8) is 0 Å². The Hall–Kier alpha value is -3.06. The molecular weight excluding hydrogens is 806 g/mol. The van der Waals surface area contributed by atoms with Gasteiger partial charge in [-0.3, -0.25) is 10.2 Å². The Balaban J connectivity index is 1.25. The van der Waals surface area contributed by atoms with Gasteiger partial charge in [-0.1, -0.05) is 154 Å². The molecule has 9 nitrogen and oxygen atoms in total. The summed E-state index contributed by atoms with van der Waals surface area (Å²) in [6.07, 6.45) is 17.5. The molecule has 1 fully saturated rings. The van der Waals surface area contributed by atoms with Crippen LogP contribution in [-0.2, 0) is 22.2 Å². The van der Waals surface area contributed by atoms with Gasteiger partial charge in [-0.2, -0.15) is 0 Å². The minimum Gasteiger partial charge on any atom is -0.462 e. The number of esters is 1. The molecule has 1 aliphatic rings. The van der Waals surface area contributed by atoms with Gasteiger partial charge < -0.3 is 29.6 Å². The molecule has 1 aromatic heterocycles. The SMILES string of the molecule is CCCCCCCCCCCCCCCCOC(=O)c1ccc(Cl)c(N=C2NN(c3c(Cl)cc(Cl)cc3Cl)C(=O)C2c2cccc3c2nnn3C(=S)[S-])c1. The number of aromatic nitrogens is 3. The number of amides is 1. The van der Waals surface area contributed by atoms with Crippen LogP contribution in [0.25, 0.3) is 11.0 Å². The van der Waals surface area contributed by atoms with Gasteiger partial charge in [0.25, 0.3) is 5.91 Å². The molecule has 54 heavy (non-hydrogen) atoms. The number of halogens is 4. The molecule has 1 aliphatic heterocycles. The van der Waals surface area contributed by atoms with Crippen molar-refractivity contribution in [2.75, 3.05) is 11.6 Å². The number of benzene rings is 3. The Kier molecular flexibility index (Phi) is 16.2. The number of hydrogen-bond donors (Lipinski definition) is 1. The van der Waals surface area contributed by atoms with Crippen molar-refractivity contribution in [2.45, 2.75) is 103 Å². The maximum Gasteiger partial charge on any atom is 0.338 e. The van der Waals surface area contributed by atoms with Crippen molar-refractivity contribution in [2.24, 2.45) is 4.99 Å². The fourth-order valence-corrected chi connectivity index (χ4v) is 7.91. The van der Waals surface area contributed by atoms with Crippen LogP contribution in [0, 0.1) is 0 Å². The van der Waals surface area contributed by atoms with Gasteiger partial charge >= 0.3 is 5.97 Å². The second kappa shape index (κ2) is 20.7. The summed E-state index contributed by atoms with van der Waals surface area (Å²) in [5.41, 5.74) is 5.11. The van der Waals surface area contributed by atoms with E-state index in [1.807, 2.05) is 0 Å². The number of fused-ring (bicyclic) bond motifs is 1. The summed E-state index contributed by atoms with van der Waals surface area (Å²) in [7, 11) is 0. The van der Waals surface area contributed by atoms with Crippen molar-refractivity contribution in [1.82, 2.24) is 20.4 Å². The van der Waals surface area contributed by atoms with E-state index in [4.69, 9.17) is 81.0 Å². The molecule has 0 bridgehead atoms. The molecule has 0 saturated carbocycles. The molecule has 1 unspecified atom stereocenters. The number of nitrogens with zero attached hydrogens (tertiary/aromatic N) is 5. The summed E-state index contributed by atoms with van der Waals surface area (Å²) in [4.78, 5) is 32.2. The average Bonchev–Trinajstić information content (AvgIpc) is 3.71. The number of thiocarbonyl (C=S) groups is 1. The Labute approximate surface area is 347 Å². The van der Waals surface area contributed by atoms with Crippen molar-refractivity contribution in [3.05, 3.63) is 79.7 Å². The van der Waals surface area contributed by atoms with Crippen LogP contribution in [0.15, 0.2) is 53.5 Å². The van der Waals surface area contributed by atoms with Crippen molar-refractivity contribution in [3.8, 4) is 0 Å². The Bertz CT molecular complexity index is 1970. The third-order valence-corrected chi connectivity index (χ3v) is 10.8. The number of amidine groups is 1. The second-order valence-electron chi connectivity index (χ2n) is 13.3. The normalized spacial score (nSPS) is 15.0. The highest BCUT2D eigenvalue weighted by Crippen LogP contribution is 2.41. The number of carbonyl (C=O) groups is 2. The number of nitrogens with one attached hydrogen (secondary N) is 1. The highest BCUT2D eigenvalue weighted by molar-refractivity contribution is 8.00. The van der Waals surface area contributed by atoms with E-state index in [-0.39, 0.29) is 42.2 Å². The van der Waals surface area contributed by atoms with E-state index in [0.717, 1.165) is 19.3 Å². The van der Waals surface area contributed by atoms with Crippen LogP contribution in [0.4, 0.5) is 11.4 Å². The number of carbonyl (C=O) groups excluding carboxylic acids is 2. The van der Waals surface area contributed by atoms with Crippen molar-refractivity contribution >= 4 is 116 Å². The van der Waals surface area contributed by atoms with Crippen LogP contribution in [0.1, 0.15) is 119 Å². The number of anilines is 1. The molecule has 0 radical (unpaired) electrons. The minimum atomic E-state index is -1.05. The molecular formula is C39H43Cl4N6O3S2-. The number of hydrogen-bond acceptors (Lipinski definition) is 8. The van der Waals surface area contributed by atoms with E-state index in [1.54, 1.807) is 30.3 Å². The Morgan fingerprint density at radius 3 is 2.09 bits per heavy atom. The topological polar surface area (TPSA) is 102 Å². The summed E-state index contributed by atoms with van der Waals surface area (Å²) < 4.78 is 7.01. The van der Waals surface area contributed by atoms with Crippen molar-refractivity contribution in [1.29, 1.82) is 0 Å². The average molecular weight is 850 g/mol. The van der Waals surface area contributed by atoms with Gasteiger partial charge in [-0.15, -0.1) is 5.10 Å². The van der Waals surface area contributed by atoms with E-state index >= 15 is 0 Å². The predicted molar refractivity (Wildman–Crippen MR) is 227 cm³/mol. The fourth-order valence-electron chi connectivity index (χ4n) is 6.50. The number of aliphatic imine (C=N–C) groups is 1. The quantitative estimate of drug-likeness (QED) is 0.0431. The zero-order valence-electron chi connectivity index (χ0n) is 30.1. The summed E-state index contributed by atoms with van der Waals surface area (Å²) in [6.45, 7) is 2.57. The van der Waals surface area contributed by atoms with E-state index in [1.165, 1.54) is 98.5 Å². The largest absolute Gasteiger partial charge is 0.462 e. The molecule has 1 atom stereocenters. The fraction of sp³-hybridized carbons (Fsp3) is 0.436. The van der Waals surface area contributed by atoms with Crippen LogP contribution in [0.2, 0.25) is 20.1 Å². The number of ether oxygens (including phenoxy) is 1. The number of unbranched alkanes of at least 4 members (excludes halogenated alkanes) is 13. The molecule has 0 spiro atoms. The van der Waals surface area contributed by atoms with Crippen LogP contribution in [0.3, 0.4) is 0 Å². The lowest BCUT2D eigenvalue weighted by Gasteiger charge is -2.19. The van der Waals surface area contributed by atoms with Gasteiger partial charge in [0.05, 0.1) is 38.4 Å². The lowest BCUT2D eigenvalue weighted by Crippen LogP contribution is -2.36. The lowest BCUT2D eigenvalue weighted by atomic mass is 9.96. The molecule has 1 N–H and O–H groups in total. The molecule has 0 aliphatic carbocycles. The van der Waals surface area contributed by atoms with Gasteiger partial charge in [-0.05, 0) is 47.1 Å². The minimum absolute atomic E-state index is 0.0700. The molecule has 1 saturated heterocycles. The van der Waals surface area contributed by atoms with Crippen LogP contribution >= 0.6 is 58.6 Å². The highest BCUT2D eigenvalue weighted by Gasteiger charge is 2.42. The summed E-state index contributed by atoms with van der Waals surface area (Å²) in [5, 5.41) is 10.4. The molecule has 2 heterocycles. The first-order valence-corrected chi connectivity index (χ1v) is 20.8. The third-order valence-electron chi connectivity index (χ3n) is 9.32. The predicted octanol–water partition coefficient (Wildman–Crippen LogP) is 11.7. The Morgan fingerprint density at radius 2 is 1.48 bits per heavy atom. The highest BCUT2D eigenvalue weighted by atomic mass is 35.5. The molecule has 1 amide bonds. The summed E-state index contributed by atoms with van der Waals surface area (Å²) in [6, 6.07) is 12.9. The molecule has 4 aromatic rings. The number of rotatable bonds is 19. The van der Waals surface area contributed by atoms with E-state index < -0.39 is 17.8 Å². The second-order valence-corrected chi connectivity index (χ2v) is 16.0. The zero-order valence-corrected chi connectivity index (χ0v) is 34.7. The van der Waals surface area contributed by atoms with E-state index in [2.05, 4.69) is 22.7 Å². The van der Waals surface area contributed by atoms with Crippen molar-refractivity contribution < 1.29 is 14.3 Å². The standard InChI is InChI=1S/C39H44Cl4N6O3S2/c1-2-3-4-5-6-7-8-9-10-11-12-13-14-15-21-52-38(51)25-19-20-28(41)31(22-25)44-36-33(27-17-16-18-32-34(27)45-47-48(32)39(53)54)37(50)49(46-36)35-29(42)23-26(40)24-30(35)43/h16-20,22-24,33H,2-15,21H2,1H3,(H,44,46)(H,53,54)/p-1. The lowest BCUT2D eigenvalue weighted by molar-refractivity contribution is -0.118. The first-order valence-electron chi connectivity index (χ1n) is 18.5. The van der Waals surface area contributed by atoms with E-state index in [0.29, 0.717) is 28.2 Å². The van der Waals surface area contributed by atoms with Gasteiger partial charge in [-0.25, -0.2) is 19.5 Å². The molecule has 3 aromatic carbocycles. The Morgan fingerprint density at radius 1 is 0.870 bits per heavy atom. The van der Waals surface area contributed by atoms with Gasteiger partial charge in [0.2, 0.25) is 0 Å². The van der Waals surface area contributed by atoms with Crippen LogP contribution in [-0.4, -0.2) is 43.6 Å². The monoisotopic (exact) mass is 847 g/mol. The molecule has 15 heteroatoms. The van der Waals surface area contributed by atoms with Gasteiger partial charge in [0.15, 0.2) is 0 Å². The number of hydrazine groups is 1. The maximum absolute atomic E-state index is 14.3. The van der Waals surface area contributed by atoms with Gasteiger partial charge in [0, 0.05) is 10.6 Å². The third kappa shape index (κ3) is 10.8. The summed E-state index contributed by atoms with van der Waals surface area (Å²) in [5.74, 6) is -1.84. The maximum atomic E-state index is 14.3.